The number of anilines is 1. The molecule has 0 bridgehead atoms. The number of nitrogens with zero attached hydrogens (tertiary/aromatic N) is 2. The fourth-order valence-corrected chi connectivity index (χ4v) is 4.60. The number of halogens is 1. The summed E-state index contributed by atoms with van der Waals surface area (Å²) < 4.78 is 13.9. The van der Waals surface area contributed by atoms with Crippen LogP contribution in [0.5, 0.6) is 0 Å². The van der Waals surface area contributed by atoms with Crippen LogP contribution in [0.25, 0.3) is 11.1 Å². The molecule has 30 heavy (non-hydrogen) atoms. The number of nitrogens with one attached hydrogen (secondary N) is 1. The summed E-state index contributed by atoms with van der Waals surface area (Å²) in [7, 11) is 0. The van der Waals surface area contributed by atoms with Gasteiger partial charge in [-0.3, -0.25) is 0 Å². The molecule has 4 nitrogen and oxygen atoms in total. The quantitative estimate of drug-likeness (QED) is 0.696. The molecule has 2 heterocycles. The smallest absolute Gasteiger partial charge is 0.321 e. The van der Waals surface area contributed by atoms with Gasteiger partial charge in [0.25, 0.3) is 0 Å². The van der Waals surface area contributed by atoms with Gasteiger partial charge in [0.1, 0.15) is 5.82 Å². The lowest BCUT2D eigenvalue weighted by Gasteiger charge is -2.34. The molecule has 2 aliphatic rings. The van der Waals surface area contributed by atoms with Crippen molar-refractivity contribution in [2.45, 2.75) is 38.5 Å². The first-order chi connectivity index (χ1) is 14.7. The molecular weight excluding hydrogens is 377 g/mol. The lowest BCUT2D eigenvalue weighted by atomic mass is 9.93. The monoisotopic (exact) mass is 409 g/mol. The molecule has 2 aromatic carbocycles. The molecule has 2 amide bonds. The van der Waals surface area contributed by atoms with E-state index in [1.807, 2.05) is 35.2 Å². The average molecular weight is 410 g/mol. The van der Waals surface area contributed by atoms with E-state index in [4.69, 9.17) is 0 Å². The van der Waals surface area contributed by atoms with E-state index in [-0.39, 0.29) is 11.8 Å². The third kappa shape index (κ3) is 5.39. The van der Waals surface area contributed by atoms with Crippen molar-refractivity contribution in [2.24, 2.45) is 5.92 Å². The molecule has 5 heteroatoms. The molecule has 1 N–H and O–H groups in total. The summed E-state index contributed by atoms with van der Waals surface area (Å²) in [5.41, 5.74) is 2.12. The highest BCUT2D eigenvalue weighted by molar-refractivity contribution is 5.89. The van der Waals surface area contributed by atoms with Crippen molar-refractivity contribution in [3.63, 3.8) is 0 Å². The van der Waals surface area contributed by atoms with Gasteiger partial charge in [0.05, 0.1) is 0 Å². The Morgan fingerprint density at radius 2 is 1.63 bits per heavy atom. The van der Waals surface area contributed by atoms with E-state index in [0.717, 1.165) is 43.1 Å². The number of rotatable bonds is 5. The molecule has 0 saturated carbocycles. The van der Waals surface area contributed by atoms with Crippen LogP contribution in [0.15, 0.2) is 48.5 Å². The van der Waals surface area contributed by atoms with Gasteiger partial charge in [-0.1, -0.05) is 36.8 Å². The van der Waals surface area contributed by atoms with Gasteiger partial charge in [0.2, 0.25) is 0 Å². The van der Waals surface area contributed by atoms with Gasteiger partial charge in [-0.2, -0.15) is 0 Å². The zero-order valence-electron chi connectivity index (χ0n) is 17.7. The topological polar surface area (TPSA) is 35.6 Å². The minimum absolute atomic E-state index is 0.0388. The molecule has 160 valence electrons. The Hall–Kier alpha value is -2.40. The van der Waals surface area contributed by atoms with Crippen LogP contribution in [-0.4, -0.2) is 48.6 Å². The van der Waals surface area contributed by atoms with Crippen molar-refractivity contribution < 1.29 is 9.18 Å². The predicted molar refractivity (Wildman–Crippen MR) is 120 cm³/mol. The van der Waals surface area contributed by atoms with Crippen LogP contribution in [0.1, 0.15) is 38.5 Å². The second-order valence-electron chi connectivity index (χ2n) is 8.61. The normalized spacial score (nSPS) is 18.4. The Labute approximate surface area is 179 Å². The molecule has 2 aliphatic heterocycles. The first kappa shape index (κ1) is 20.9. The van der Waals surface area contributed by atoms with Crippen molar-refractivity contribution >= 4 is 11.7 Å². The van der Waals surface area contributed by atoms with Crippen molar-refractivity contribution in [1.29, 1.82) is 0 Å². The molecular formula is C25H32FN3O. The highest BCUT2D eigenvalue weighted by Crippen LogP contribution is 2.25. The van der Waals surface area contributed by atoms with Crippen LogP contribution < -0.4 is 5.32 Å². The number of piperidine rings is 2. The fourth-order valence-electron chi connectivity index (χ4n) is 4.60. The molecule has 0 unspecified atom stereocenters. The number of carbonyl (C=O) groups is 1. The second-order valence-corrected chi connectivity index (χ2v) is 8.61. The van der Waals surface area contributed by atoms with Crippen molar-refractivity contribution in [3.8, 4) is 11.1 Å². The molecule has 2 aromatic rings. The summed E-state index contributed by atoms with van der Waals surface area (Å²) >= 11 is 0. The van der Waals surface area contributed by atoms with Crippen LogP contribution >= 0.6 is 0 Å². The van der Waals surface area contributed by atoms with E-state index in [2.05, 4.69) is 10.2 Å². The lowest BCUT2D eigenvalue weighted by Crippen LogP contribution is -2.41. The van der Waals surface area contributed by atoms with E-state index in [1.54, 1.807) is 12.1 Å². The summed E-state index contributed by atoms with van der Waals surface area (Å²) in [5.74, 6) is 0.494. The maximum atomic E-state index is 13.9. The Balaban J connectivity index is 1.23. The third-order valence-corrected chi connectivity index (χ3v) is 6.53. The first-order valence-electron chi connectivity index (χ1n) is 11.3. The largest absolute Gasteiger partial charge is 0.325 e. The number of likely N-dealkylation sites (tertiary alicyclic amines) is 2. The number of carbonyl (C=O) groups excluding carboxylic acids is 1. The van der Waals surface area contributed by atoms with Gasteiger partial charge in [-0.15, -0.1) is 0 Å². The Morgan fingerprint density at radius 3 is 2.33 bits per heavy atom. The van der Waals surface area contributed by atoms with Crippen molar-refractivity contribution in [1.82, 2.24) is 9.80 Å². The first-order valence-corrected chi connectivity index (χ1v) is 11.3. The van der Waals surface area contributed by atoms with E-state index >= 15 is 0 Å². The molecule has 0 atom stereocenters. The van der Waals surface area contributed by atoms with Gasteiger partial charge in [-0.25, -0.2) is 9.18 Å². The summed E-state index contributed by atoms with van der Waals surface area (Å²) in [6.45, 7) is 5.38. The summed E-state index contributed by atoms with van der Waals surface area (Å²) in [6.07, 6.45) is 7.52. The molecule has 0 radical (unpaired) electrons. The van der Waals surface area contributed by atoms with Gasteiger partial charge in [-0.05, 0) is 81.4 Å². The predicted octanol–water partition coefficient (Wildman–Crippen LogP) is 5.61. The van der Waals surface area contributed by atoms with E-state index in [1.165, 1.54) is 51.4 Å². The molecule has 2 fully saturated rings. The van der Waals surface area contributed by atoms with E-state index in [0.29, 0.717) is 5.56 Å². The van der Waals surface area contributed by atoms with Crippen molar-refractivity contribution in [2.75, 3.05) is 38.0 Å². The number of benzene rings is 2. The van der Waals surface area contributed by atoms with Crippen LogP contribution in [0, 0.1) is 11.7 Å². The van der Waals surface area contributed by atoms with Crippen molar-refractivity contribution in [3.05, 3.63) is 54.3 Å². The molecule has 0 aromatic heterocycles. The second kappa shape index (κ2) is 10.1. The molecule has 0 spiro atoms. The van der Waals surface area contributed by atoms with Crippen LogP contribution in [0.3, 0.4) is 0 Å². The average Bonchev–Trinajstić information content (AvgIpc) is 2.80. The molecule has 0 aliphatic carbocycles. The van der Waals surface area contributed by atoms with Crippen LogP contribution in [0.4, 0.5) is 14.9 Å². The van der Waals surface area contributed by atoms with E-state index < -0.39 is 0 Å². The SMILES string of the molecule is O=C(Nc1ccc(-c2ccccc2F)cc1)N1CCC(CCN2CCCCC2)CC1. The maximum absolute atomic E-state index is 13.9. The zero-order chi connectivity index (χ0) is 20.8. The van der Waals surface area contributed by atoms with Gasteiger partial charge < -0.3 is 15.1 Å². The number of hydrogen-bond donors (Lipinski definition) is 1. The minimum Gasteiger partial charge on any atom is -0.325 e. The Bertz CT molecular complexity index is 825. The maximum Gasteiger partial charge on any atom is 0.321 e. The standard InChI is InChI=1S/C25H32FN3O/c26-24-7-3-2-6-23(24)21-8-10-22(11-9-21)27-25(30)29-18-13-20(14-19-29)12-17-28-15-4-1-5-16-28/h2-3,6-11,20H,1,4-5,12-19H2,(H,27,30). The highest BCUT2D eigenvalue weighted by atomic mass is 19.1. The summed E-state index contributed by atoms with van der Waals surface area (Å²) in [5, 5.41) is 2.99. The summed E-state index contributed by atoms with van der Waals surface area (Å²) in [4.78, 5) is 17.2. The van der Waals surface area contributed by atoms with Gasteiger partial charge in [0, 0.05) is 24.3 Å². The number of urea groups is 1. The number of hydrogen-bond acceptors (Lipinski definition) is 2. The molecule has 4 rings (SSSR count). The zero-order valence-corrected chi connectivity index (χ0v) is 17.7. The van der Waals surface area contributed by atoms with Gasteiger partial charge >= 0.3 is 6.03 Å². The Kier molecular flexibility index (Phi) is 7.00. The minimum atomic E-state index is -0.238. The van der Waals surface area contributed by atoms with E-state index in [9.17, 15) is 9.18 Å². The van der Waals surface area contributed by atoms with Crippen LogP contribution in [0.2, 0.25) is 0 Å². The number of amides is 2. The fraction of sp³-hybridized carbons (Fsp3) is 0.480. The molecule has 2 saturated heterocycles. The highest BCUT2D eigenvalue weighted by Gasteiger charge is 2.23. The summed E-state index contributed by atoms with van der Waals surface area (Å²) in [6, 6.07) is 14.1. The third-order valence-electron chi connectivity index (χ3n) is 6.53. The van der Waals surface area contributed by atoms with Crippen LogP contribution in [-0.2, 0) is 0 Å². The Morgan fingerprint density at radius 1 is 0.933 bits per heavy atom. The lowest BCUT2D eigenvalue weighted by molar-refractivity contribution is 0.164. The van der Waals surface area contributed by atoms with Gasteiger partial charge in [0.15, 0.2) is 0 Å².